The van der Waals surface area contributed by atoms with Gasteiger partial charge in [-0.2, -0.15) is 4.31 Å². The van der Waals surface area contributed by atoms with Crippen molar-refractivity contribution in [1.29, 1.82) is 0 Å². The first-order chi connectivity index (χ1) is 15.3. The van der Waals surface area contributed by atoms with Crippen molar-refractivity contribution in [2.75, 3.05) is 25.5 Å². The van der Waals surface area contributed by atoms with E-state index in [0.717, 1.165) is 15.6 Å². The summed E-state index contributed by atoms with van der Waals surface area (Å²) in [6.07, 6.45) is 1.15. The van der Waals surface area contributed by atoms with Gasteiger partial charge in [-0.1, -0.05) is 35.9 Å². The smallest absolute Gasteiger partial charge is 0.350 e. The van der Waals surface area contributed by atoms with Crippen molar-refractivity contribution in [2.24, 2.45) is 5.92 Å². The van der Waals surface area contributed by atoms with Crippen molar-refractivity contribution in [3.63, 3.8) is 0 Å². The van der Waals surface area contributed by atoms with Gasteiger partial charge in [-0.3, -0.25) is 4.79 Å². The van der Waals surface area contributed by atoms with Gasteiger partial charge in [0, 0.05) is 23.2 Å². The lowest BCUT2D eigenvalue weighted by Gasteiger charge is -2.31. The second kappa shape index (κ2) is 9.01. The molecule has 7 nitrogen and oxygen atoms in total. The SMILES string of the molecule is COC(=O)c1sc2ccccc2c1NC(=O)C1CCCN(S(=O)(=O)c2ccc(C)cc2)C1. The maximum absolute atomic E-state index is 13.1. The summed E-state index contributed by atoms with van der Waals surface area (Å²) >= 11 is 1.25. The Bertz CT molecular complexity index is 1270. The fourth-order valence-corrected chi connectivity index (χ4v) is 6.47. The predicted molar refractivity (Wildman–Crippen MR) is 124 cm³/mol. The van der Waals surface area contributed by atoms with Gasteiger partial charge in [0.15, 0.2) is 0 Å². The number of sulfonamides is 1. The van der Waals surface area contributed by atoms with E-state index in [1.54, 1.807) is 24.3 Å². The first-order valence-corrected chi connectivity index (χ1v) is 12.5. The largest absolute Gasteiger partial charge is 0.465 e. The Kier molecular flexibility index (Phi) is 6.32. The number of carbonyl (C=O) groups is 2. The third-order valence-corrected chi connectivity index (χ3v) is 8.66. The number of methoxy groups -OCH3 is 1. The number of piperidine rings is 1. The highest BCUT2D eigenvalue weighted by Gasteiger charge is 2.34. The average molecular weight is 473 g/mol. The highest BCUT2D eigenvalue weighted by molar-refractivity contribution is 7.89. The topological polar surface area (TPSA) is 92.8 Å². The first kappa shape index (κ1) is 22.4. The quantitative estimate of drug-likeness (QED) is 0.566. The Morgan fingerprint density at radius 1 is 1.12 bits per heavy atom. The number of benzene rings is 2. The minimum atomic E-state index is -3.69. The monoisotopic (exact) mass is 472 g/mol. The number of fused-ring (bicyclic) bond motifs is 1. The maximum atomic E-state index is 13.1. The molecule has 1 aliphatic heterocycles. The molecule has 9 heteroatoms. The second-order valence-electron chi connectivity index (χ2n) is 7.80. The Hall–Kier alpha value is -2.75. The number of esters is 1. The number of ether oxygens (including phenoxy) is 1. The van der Waals surface area contributed by atoms with E-state index in [1.165, 1.54) is 22.8 Å². The zero-order chi connectivity index (χ0) is 22.9. The van der Waals surface area contributed by atoms with E-state index in [9.17, 15) is 18.0 Å². The molecule has 0 aliphatic carbocycles. The van der Waals surface area contributed by atoms with Crippen molar-refractivity contribution in [2.45, 2.75) is 24.7 Å². The van der Waals surface area contributed by atoms with Crippen LogP contribution in [0, 0.1) is 12.8 Å². The number of thiophene rings is 1. The lowest BCUT2D eigenvalue weighted by molar-refractivity contribution is -0.120. The first-order valence-electron chi connectivity index (χ1n) is 10.3. The van der Waals surface area contributed by atoms with E-state index in [1.807, 2.05) is 31.2 Å². The molecule has 0 saturated carbocycles. The minimum absolute atomic E-state index is 0.0949. The molecule has 1 atom stereocenters. The van der Waals surface area contributed by atoms with Crippen LogP contribution in [0.15, 0.2) is 53.4 Å². The molecule has 1 aromatic heterocycles. The minimum Gasteiger partial charge on any atom is -0.465 e. The molecule has 2 aromatic carbocycles. The molecule has 1 fully saturated rings. The number of anilines is 1. The molecule has 1 saturated heterocycles. The number of nitrogens with zero attached hydrogens (tertiary/aromatic N) is 1. The van der Waals surface area contributed by atoms with Crippen molar-refractivity contribution >= 4 is 49.0 Å². The van der Waals surface area contributed by atoms with Gasteiger partial charge in [0.25, 0.3) is 0 Å². The number of hydrogen-bond acceptors (Lipinski definition) is 6. The number of amides is 1. The molecular formula is C23H24N2O5S2. The van der Waals surface area contributed by atoms with Crippen LogP contribution in [-0.4, -0.2) is 44.8 Å². The molecule has 2 heterocycles. The van der Waals surface area contributed by atoms with Crippen LogP contribution in [0.3, 0.4) is 0 Å². The molecule has 0 bridgehead atoms. The van der Waals surface area contributed by atoms with Crippen LogP contribution in [0.25, 0.3) is 10.1 Å². The van der Waals surface area contributed by atoms with E-state index in [0.29, 0.717) is 30.0 Å². The predicted octanol–water partition coefficient (Wildman–Crippen LogP) is 4.04. The summed E-state index contributed by atoms with van der Waals surface area (Å²) in [5.41, 5.74) is 1.39. The molecule has 3 aromatic rings. The van der Waals surface area contributed by atoms with E-state index in [-0.39, 0.29) is 17.3 Å². The van der Waals surface area contributed by atoms with Gasteiger partial charge in [-0.15, -0.1) is 11.3 Å². The van der Waals surface area contributed by atoms with Crippen LogP contribution in [0.5, 0.6) is 0 Å². The molecule has 32 heavy (non-hydrogen) atoms. The van der Waals surface area contributed by atoms with Gasteiger partial charge < -0.3 is 10.1 Å². The van der Waals surface area contributed by atoms with E-state index >= 15 is 0 Å². The zero-order valence-electron chi connectivity index (χ0n) is 17.8. The number of rotatable bonds is 5. The average Bonchev–Trinajstić information content (AvgIpc) is 3.17. The van der Waals surface area contributed by atoms with E-state index < -0.39 is 21.9 Å². The highest BCUT2D eigenvalue weighted by atomic mass is 32.2. The summed E-state index contributed by atoms with van der Waals surface area (Å²) in [5.74, 6) is -1.34. The van der Waals surface area contributed by atoms with E-state index in [2.05, 4.69) is 5.32 Å². The second-order valence-corrected chi connectivity index (χ2v) is 10.8. The van der Waals surface area contributed by atoms with Gasteiger partial charge in [0.05, 0.1) is 23.6 Å². The highest BCUT2D eigenvalue weighted by Crippen LogP contribution is 2.37. The van der Waals surface area contributed by atoms with Crippen molar-refractivity contribution < 1.29 is 22.7 Å². The fourth-order valence-electron chi connectivity index (χ4n) is 3.87. The number of hydrogen-bond donors (Lipinski definition) is 1. The van der Waals surface area contributed by atoms with Gasteiger partial charge >= 0.3 is 5.97 Å². The summed E-state index contributed by atoms with van der Waals surface area (Å²) in [6, 6.07) is 14.1. The van der Waals surface area contributed by atoms with Crippen LogP contribution < -0.4 is 5.32 Å². The Morgan fingerprint density at radius 2 is 1.84 bits per heavy atom. The molecule has 0 spiro atoms. The van der Waals surface area contributed by atoms with Crippen molar-refractivity contribution in [3.05, 3.63) is 59.0 Å². The molecular weight excluding hydrogens is 448 g/mol. The van der Waals surface area contributed by atoms with Crippen molar-refractivity contribution in [1.82, 2.24) is 4.31 Å². The third-order valence-electron chi connectivity index (χ3n) is 5.63. The third kappa shape index (κ3) is 4.28. The summed E-state index contributed by atoms with van der Waals surface area (Å²) in [4.78, 5) is 26.0. The fraction of sp³-hybridized carbons (Fsp3) is 0.304. The van der Waals surface area contributed by atoms with Crippen LogP contribution in [0.1, 0.15) is 28.1 Å². The molecule has 1 unspecified atom stereocenters. The van der Waals surface area contributed by atoms with Crippen LogP contribution >= 0.6 is 11.3 Å². The summed E-state index contributed by atoms with van der Waals surface area (Å²) < 4.78 is 33.3. The standard InChI is InChI=1S/C23H24N2O5S2/c1-15-9-11-17(12-10-15)32(28,29)25-13-5-6-16(14-25)22(26)24-20-18-7-3-4-8-19(18)31-21(20)23(27)30-2/h3-4,7-12,16H,5-6,13-14H2,1-2H3,(H,24,26). The molecule has 1 amide bonds. The Balaban J connectivity index is 1.57. The van der Waals surface area contributed by atoms with Crippen molar-refractivity contribution in [3.8, 4) is 0 Å². The molecule has 0 radical (unpaired) electrons. The zero-order valence-corrected chi connectivity index (χ0v) is 19.5. The molecule has 1 N–H and O–H groups in total. The Morgan fingerprint density at radius 3 is 2.56 bits per heavy atom. The summed E-state index contributed by atoms with van der Waals surface area (Å²) in [7, 11) is -2.39. The lowest BCUT2D eigenvalue weighted by atomic mass is 9.98. The van der Waals surface area contributed by atoms with Crippen LogP contribution in [0.2, 0.25) is 0 Å². The van der Waals surface area contributed by atoms with Gasteiger partial charge in [-0.05, 0) is 38.0 Å². The molecule has 1 aliphatic rings. The molecule has 4 rings (SSSR count). The van der Waals surface area contributed by atoms with Crippen LogP contribution in [0.4, 0.5) is 5.69 Å². The lowest BCUT2D eigenvalue weighted by Crippen LogP contribution is -2.43. The maximum Gasteiger partial charge on any atom is 0.350 e. The Labute approximate surface area is 191 Å². The van der Waals surface area contributed by atoms with E-state index in [4.69, 9.17) is 4.74 Å². The molecule has 168 valence electrons. The van der Waals surface area contributed by atoms with Crippen LogP contribution in [-0.2, 0) is 19.6 Å². The van der Waals surface area contributed by atoms with Gasteiger partial charge in [0.2, 0.25) is 15.9 Å². The normalized spacial score (nSPS) is 17.2. The summed E-state index contributed by atoms with van der Waals surface area (Å²) in [6.45, 7) is 2.36. The van der Waals surface area contributed by atoms with Gasteiger partial charge in [0.1, 0.15) is 4.88 Å². The summed E-state index contributed by atoms with van der Waals surface area (Å²) in [5, 5.41) is 3.64. The number of carbonyl (C=O) groups excluding carboxylic acids is 2. The number of nitrogens with one attached hydrogen (secondary N) is 1. The number of aryl methyl sites for hydroxylation is 1. The van der Waals surface area contributed by atoms with Gasteiger partial charge in [-0.25, -0.2) is 13.2 Å².